The predicted molar refractivity (Wildman–Crippen MR) is 156 cm³/mol. The van der Waals surface area contributed by atoms with Gasteiger partial charge < -0.3 is 25.3 Å². The number of nitrogens with zero attached hydrogens (tertiary/aromatic N) is 2. The second kappa shape index (κ2) is 13.2. The molecular formula is C30H36Cl2F4N4O3. The first-order valence-electron chi connectivity index (χ1n) is 14.4. The van der Waals surface area contributed by atoms with E-state index in [9.17, 15) is 31.9 Å². The fourth-order valence-corrected chi connectivity index (χ4v) is 7.37. The average Bonchev–Trinajstić information content (AvgIpc) is 3.12. The molecule has 2 aliphatic heterocycles. The maximum absolute atomic E-state index is 14.6. The molecular weight excluding hydrogens is 611 g/mol. The maximum atomic E-state index is 14.6. The third kappa shape index (κ3) is 7.42. The zero-order valence-electron chi connectivity index (χ0n) is 24.1. The molecule has 2 heterocycles. The number of ketones is 1. The molecule has 4 rings (SSSR count). The van der Waals surface area contributed by atoms with Crippen molar-refractivity contribution in [2.24, 2.45) is 5.41 Å². The lowest BCUT2D eigenvalue weighted by atomic mass is 9.75. The molecule has 1 aliphatic carbocycles. The number of benzene rings is 1. The Morgan fingerprint density at radius 2 is 1.67 bits per heavy atom. The van der Waals surface area contributed by atoms with E-state index in [-0.39, 0.29) is 27.7 Å². The molecule has 0 radical (unpaired) electrons. The van der Waals surface area contributed by atoms with Gasteiger partial charge in [0.1, 0.15) is 17.8 Å². The number of carbonyl (C=O) groups is 3. The van der Waals surface area contributed by atoms with Gasteiger partial charge in [-0.2, -0.15) is 13.2 Å². The van der Waals surface area contributed by atoms with Crippen molar-refractivity contribution in [3.8, 4) is 0 Å². The van der Waals surface area contributed by atoms with Gasteiger partial charge in [-0.25, -0.2) is 4.39 Å². The van der Waals surface area contributed by atoms with Crippen LogP contribution >= 0.6 is 23.2 Å². The molecule has 43 heavy (non-hydrogen) atoms. The van der Waals surface area contributed by atoms with Gasteiger partial charge in [0, 0.05) is 36.0 Å². The number of carbonyl (C=O) groups excluding carboxylic acids is 3. The molecule has 3 aliphatic rings. The molecule has 0 spiro atoms. The second-order valence-electron chi connectivity index (χ2n) is 12.2. The van der Waals surface area contributed by atoms with Crippen LogP contribution < -0.4 is 5.32 Å². The Balaban J connectivity index is 1.73. The van der Waals surface area contributed by atoms with Crippen LogP contribution in [-0.2, 0) is 9.59 Å². The van der Waals surface area contributed by atoms with E-state index >= 15 is 0 Å². The number of piperidine rings is 1. The molecule has 7 nitrogen and oxygen atoms in total. The van der Waals surface area contributed by atoms with Crippen molar-refractivity contribution >= 4 is 47.4 Å². The predicted octanol–water partition coefficient (Wildman–Crippen LogP) is 6.36. The van der Waals surface area contributed by atoms with Crippen molar-refractivity contribution in [1.82, 2.24) is 15.1 Å². The van der Waals surface area contributed by atoms with Crippen LogP contribution in [0, 0.1) is 16.6 Å². The van der Waals surface area contributed by atoms with E-state index in [4.69, 9.17) is 28.6 Å². The number of fused-ring (bicyclic) bond motifs is 2. The van der Waals surface area contributed by atoms with Gasteiger partial charge >= 0.3 is 6.18 Å². The first-order chi connectivity index (χ1) is 20.2. The molecule has 1 aromatic rings. The molecule has 0 aromatic heterocycles. The standard InChI is InChI=1S/C30H36Cl2F4N4O3/c1-29(16-41)8-5-18(6-9-29)38-27(30(34,35)36)22(7-10-37)28(43)40(21-13-19-3-4-20(14-21)39(19)2)15-25(42)26-23(31)11-17(33)12-24(26)32/h10-12,16,18-21,37-38H,3-9,13-15H2,1-2H3/b27-22+,37-10?. The third-order valence-electron chi connectivity index (χ3n) is 9.29. The van der Waals surface area contributed by atoms with Gasteiger partial charge in [-0.15, -0.1) is 0 Å². The van der Waals surface area contributed by atoms with E-state index in [2.05, 4.69) is 10.2 Å². The maximum Gasteiger partial charge on any atom is 0.431 e. The van der Waals surface area contributed by atoms with Crippen molar-refractivity contribution in [3.63, 3.8) is 0 Å². The zero-order valence-corrected chi connectivity index (χ0v) is 25.6. The molecule has 13 heteroatoms. The van der Waals surface area contributed by atoms with Crippen LogP contribution in [0.15, 0.2) is 23.4 Å². The molecule has 2 saturated heterocycles. The van der Waals surface area contributed by atoms with Crippen LogP contribution in [0.5, 0.6) is 0 Å². The van der Waals surface area contributed by atoms with Crippen LogP contribution in [0.1, 0.15) is 75.1 Å². The summed E-state index contributed by atoms with van der Waals surface area (Å²) in [6, 6.07) is 0.822. The summed E-state index contributed by atoms with van der Waals surface area (Å²) in [5.74, 6) is -2.50. The highest BCUT2D eigenvalue weighted by Gasteiger charge is 2.45. The fraction of sp³-hybridized carbons (Fsp3) is 0.600. The minimum Gasteiger partial charge on any atom is -0.378 e. The number of hydrogen-bond acceptors (Lipinski definition) is 6. The molecule has 236 valence electrons. The fourth-order valence-electron chi connectivity index (χ4n) is 6.70. The number of nitrogens with one attached hydrogen (secondary N) is 2. The number of halogens is 6. The molecule has 2 unspecified atom stereocenters. The minimum absolute atomic E-state index is 0.0943. The van der Waals surface area contributed by atoms with E-state index in [1.165, 1.54) is 0 Å². The number of Topliss-reactive ketones (excluding diaryl/α,β-unsaturated/α-hetero) is 1. The SMILES string of the molecule is CN1C2CCC1CC(N(CC(=O)c1c(Cl)cc(F)cc1Cl)C(=O)/C(CC=N)=C(/NC1CCC(C)(C=O)CC1)C(F)(F)F)C2. The summed E-state index contributed by atoms with van der Waals surface area (Å²) in [5, 5.41) is 9.66. The van der Waals surface area contributed by atoms with E-state index in [0.29, 0.717) is 38.5 Å². The molecule has 1 aromatic carbocycles. The highest BCUT2D eigenvalue weighted by Crippen LogP contribution is 2.39. The topological polar surface area (TPSA) is 93.6 Å². The minimum atomic E-state index is -4.95. The highest BCUT2D eigenvalue weighted by molar-refractivity contribution is 6.40. The Labute approximate surface area is 258 Å². The van der Waals surface area contributed by atoms with Gasteiger partial charge in [-0.1, -0.05) is 30.1 Å². The van der Waals surface area contributed by atoms with Crippen molar-refractivity contribution in [2.75, 3.05) is 13.6 Å². The van der Waals surface area contributed by atoms with Crippen LogP contribution in [-0.4, -0.2) is 77.9 Å². The summed E-state index contributed by atoms with van der Waals surface area (Å²) < 4.78 is 57.7. The monoisotopic (exact) mass is 646 g/mol. The molecule has 3 fully saturated rings. The normalized spacial score (nSPS) is 28.2. The number of alkyl halides is 3. The first kappa shape index (κ1) is 33.4. The third-order valence-corrected chi connectivity index (χ3v) is 9.88. The lowest BCUT2D eigenvalue weighted by Crippen LogP contribution is -2.53. The summed E-state index contributed by atoms with van der Waals surface area (Å²) in [5.41, 5.74) is -2.74. The van der Waals surface area contributed by atoms with Gasteiger partial charge in [0.15, 0.2) is 5.78 Å². The summed E-state index contributed by atoms with van der Waals surface area (Å²) in [6.07, 6.45) is 0.0160. The Kier molecular flexibility index (Phi) is 10.3. The summed E-state index contributed by atoms with van der Waals surface area (Å²) >= 11 is 12.3. The highest BCUT2D eigenvalue weighted by atomic mass is 35.5. The van der Waals surface area contributed by atoms with Crippen LogP contribution in [0.25, 0.3) is 0 Å². The smallest absolute Gasteiger partial charge is 0.378 e. The Hall–Kier alpha value is -2.50. The van der Waals surface area contributed by atoms with E-state index in [1.54, 1.807) is 6.92 Å². The average molecular weight is 648 g/mol. The first-order valence-corrected chi connectivity index (χ1v) is 15.2. The Bertz CT molecular complexity index is 1260. The number of rotatable bonds is 10. The quantitative estimate of drug-likeness (QED) is 0.101. The molecule has 1 saturated carbocycles. The second-order valence-corrected chi connectivity index (χ2v) is 13.0. The number of amides is 1. The Morgan fingerprint density at radius 1 is 1.12 bits per heavy atom. The van der Waals surface area contributed by atoms with Gasteiger partial charge in [0.2, 0.25) is 0 Å². The van der Waals surface area contributed by atoms with Crippen molar-refractivity contribution < 1.29 is 31.9 Å². The summed E-state index contributed by atoms with van der Waals surface area (Å²) in [7, 11) is 1.97. The Morgan fingerprint density at radius 3 is 2.16 bits per heavy atom. The summed E-state index contributed by atoms with van der Waals surface area (Å²) in [6.45, 7) is 1.15. The number of aldehydes is 1. The van der Waals surface area contributed by atoms with E-state index in [0.717, 1.165) is 42.4 Å². The van der Waals surface area contributed by atoms with Gasteiger partial charge in [-0.05, 0) is 76.8 Å². The molecule has 1 amide bonds. The largest absolute Gasteiger partial charge is 0.431 e. The molecule has 2 atom stereocenters. The van der Waals surface area contributed by atoms with Crippen LogP contribution in [0.4, 0.5) is 17.6 Å². The van der Waals surface area contributed by atoms with Crippen LogP contribution in [0.3, 0.4) is 0 Å². The lowest BCUT2D eigenvalue weighted by Gasteiger charge is -2.42. The molecule has 2 bridgehead atoms. The van der Waals surface area contributed by atoms with Crippen molar-refractivity contribution in [2.45, 2.75) is 95.1 Å². The lowest BCUT2D eigenvalue weighted by molar-refractivity contribution is -0.132. The van der Waals surface area contributed by atoms with Gasteiger partial charge in [-0.3, -0.25) is 9.59 Å². The zero-order chi connectivity index (χ0) is 31.7. The van der Waals surface area contributed by atoms with Crippen molar-refractivity contribution in [1.29, 1.82) is 5.41 Å². The van der Waals surface area contributed by atoms with Crippen molar-refractivity contribution in [3.05, 3.63) is 44.8 Å². The summed E-state index contributed by atoms with van der Waals surface area (Å²) in [4.78, 5) is 42.5. The van der Waals surface area contributed by atoms with E-state index in [1.807, 2.05) is 7.05 Å². The van der Waals surface area contributed by atoms with E-state index < -0.39 is 65.4 Å². The number of hydrogen-bond donors (Lipinski definition) is 2. The molecule has 2 N–H and O–H groups in total. The van der Waals surface area contributed by atoms with Crippen LogP contribution in [0.2, 0.25) is 10.0 Å². The van der Waals surface area contributed by atoms with Gasteiger partial charge in [0.25, 0.3) is 5.91 Å². The number of allylic oxidation sites excluding steroid dienone is 1. The van der Waals surface area contributed by atoms with Gasteiger partial charge in [0.05, 0.1) is 27.7 Å².